The molecule has 0 unspecified atom stereocenters. The molecule has 1 aliphatic rings. The SMILES string of the molecule is Cc1ccc(/C=C2/SC(=O)N(CC(=O)Nc3ccccc3)C2=O)s1. The van der Waals surface area contributed by atoms with Gasteiger partial charge >= 0.3 is 0 Å². The third-order valence-electron chi connectivity index (χ3n) is 3.27. The van der Waals surface area contributed by atoms with Gasteiger partial charge in [-0.05, 0) is 49.0 Å². The Morgan fingerprint density at radius 1 is 1.17 bits per heavy atom. The van der Waals surface area contributed by atoms with Crippen LogP contribution in [0.2, 0.25) is 0 Å². The van der Waals surface area contributed by atoms with E-state index in [9.17, 15) is 14.4 Å². The summed E-state index contributed by atoms with van der Waals surface area (Å²) >= 11 is 2.40. The van der Waals surface area contributed by atoms with Crippen LogP contribution in [-0.4, -0.2) is 28.5 Å². The van der Waals surface area contributed by atoms with Crippen LogP contribution in [0, 0.1) is 6.92 Å². The maximum atomic E-state index is 12.4. The van der Waals surface area contributed by atoms with Gasteiger partial charge in [-0.15, -0.1) is 11.3 Å². The number of thiophene rings is 1. The van der Waals surface area contributed by atoms with Gasteiger partial charge in [-0.1, -0.05) is 18.2 Å². The quantitative estimate of drug-likeness (QED) is 0.846. The summed E-state index contributed by atoms with van der Waals surface area (Å²) in [7, 11) is 0. The van der Waals surface area contributed by atoms with Gasteiger partial charge in [-0.2, -0.15) is 0 Å². The third kappa shape index (κ3) is 3.74. The van der Waals surface area contributed by atoms with Crippen LogP contribution in [-0.2, 0) is 9.59 Å². The molecule has 0 radical (unpaired) electrons. The number of para-hydroxylation sites is 1. The Kier molecular flexibility index (Phi) is 4.82. The van der Waals surface area contributed by atoms with Crippen LogP contribution in [0.5, 0.6) is 0 Å². The fraction of sp³-hybridized carbons (Fsp3) is 0.118. The Hall–Kier alpha value is -2.38. The van der Waals surface area contributed by atoms with Crippen molar-refractivity contribution in [1.29, 1.82) is 0 Å². The molecule has 24 heavy (non-hydrogen) atoms. The lowest BCUT2D eigenvalue weighted by Crippen LogP contribution is -2.36. The van der Waals surface area contributed by atoms with E-state index in [0.29, 0.717) is 10.6 Å². The highest BCUT2D eigenvalue weighted by molar-refractivity contribution is 8.18. The van der Waals surface area contributed by atoms with E-state index in [0.717, 1.165) is 26.4 Å². The Morgan fingerprint density at radius 3 is 2.58 bits per heavy atom. The molecular formula is C17H14N2O3S2. The second kappa shape index (κ2) is 7.02. The van der Waals surface area contributed by atoms with Crippen LogP contribution in [0.25, 0.3) is 6.08 Å². The van der Waals surface area contributed by atoms with Crippen LogP contribution >= 0.6 is 23.1 Å². The second-order valence-electron chi connectivity index (χ2n) is 5.13. The lowest BCUT2D eigenvalue weighted by atomic mass is 10.3. The van der Waals surface area contributed by atoms with Crippen molar-refractivity contribution in [2.24, 2.45) is 0 Å². The molecule has 1 aromatic carbocycles. The van der Waals surface area contributed by atoms with E-state index in [1.807, 2.05) is 25.1 Å². The van der Waals surface area contributed by atoms with Crippen LogP contribution < -0.4 is 5.32 Å². The number of amides is 3. The Balaban J connectivity index is 1.68. The summed E-state index contributed by atoms with van der Waals surface area (Å²) in [5.74, 6) is -0.837. The van der Waals surface area contributed by atoms with Gasteiger partial charge in [-0.25, -0.2) is 0 Å². The zero-order valence-electron chi connectivity index (χ0n) is 12.8. The van der Waals surface area contributed by atoms with Crippen molar-refractivity contribution >= 4 is 51.9 Å². The van der Waals surface area contributed by atoms with Crippen LogP contribution in [0.15, 0.2) is 47.4 Å². The number of rotatable bonds is 4. The highest BCUT2D eigenvalue weighted by Gasteiger charge is 2.36. The molecule has 0 atom stereocenters. The van der Waals surface area contributed by atoms with E-state index in [1.165, 1.54) is 0 Å². The first kappa shape index (κ1) is 16.5. The smallest absolute Gasteiger partial charge is 0.294 e. The topological polar surface area (TPSA) is 66.5 Å². The minimum atomic E-state index is -0.431. The van der Waals surface area contributed by atoms with Gasteiger partial charge in [-0.3, -0.25) is 19.3 Å². The number of hydrogen-bond donors (Lipinski definition) is 1. The molecule has 5 nitrogen and oxygen atoms in total. The van der Waals surface area contributed by atoms with Gasteiger partial charge < -0.3 is 5.32 Å². The van der Waals surface area contributed by atoms with Crippen LogP contribution in [0.3, 0.4) is 0 Å². The van der Waals surface area contributed by atoms with E-state index in [2.05, 4.69) is 5.32 Å². The molecule has 7 heteroatoms. The van der Waals surface area contributed by atoms with Crippen molar-refractivity contribution < 1.29 is 14.4 Å². The number of nitrogens with zero attached hydrogens (tertiary/aromatic N) is 1. The normalized spacial score (nSPS) is 16.0. The number of benzene rings is 1. The molecule has 1 N–H and O–H groups in total. The van der Waals surface area contributed by atoms with Crippen molar-refractivity contribution in [3.05, 3.63) is 57.1 Å². The average Bonchev–Trinajstić information content (AvgIpc) is 3.07. The minimum absolute atomic E-state index is 0.291. The first-order valence-corrected chi connectivity index (χ1v) is 8.83. The van der Waals surface area contributed by atoms with Gasteiger partial charge in [0.05, 0.1) is 4.91 Å². The molecule has 2 aromatic rings. The summed E-state index contributed by atoms with van der Waals surface area (Å²) < 4.78 is 0. The number of anilines is 1. The molecule has 0 aliphatic carbocycles. The lowest BCUT2D eigenvalue weighted by molar-refractivity contribution is -0.127. The van der Waals surface area contributed by atoms with Crippen LogP contribution in [0.4, 0.5) is 10.5 Å². The van der Waals surface area contributed by atoms with Gasteiger partial charge in [0.2, 0.25) is 5.91 Å². The third-order valence-corrected chi connectivity index (χ3v) is 5.12. The number of carbonyl (C=O) groups is 3. The van der Waals surface area contributed by atoms with E-state index in [-0.39, 0.29) is 6.54 Å². The standard InChI is InChI=1S/C17H14N2O3S2/c1-11-7-8-13(23-11)9-14-16(21)19(17(22)24-14)10-15(20)18-12-5-3-2-4-6-12/h2-9H,10H2,1H3,(H,18,20)/b14-9+. The van der Waals surface area contributed by atoms with Gasteiger partial charge in [0.1, 0.15) is 6.54 Å². The lowest BCUT2D eigenvalue weighted by Gasteiger charge is -2.12. The summed E-state index contributed by atoms with van der Waals surface area (Å²) in [5, 5.41) is 2.24. The predicted molar refractivity (Wildman–Crippen MR) is 96.8 cm³/mol. The fourth-order valence-electron chi connectivity index (χ4n) is 2.16. The number of thioether (sulfide) groups is 1. The highest BCUT2D eigenvalue weighted by Crippen LogP contribution is 2.33. The molecule has 1 fully saturated rings. The molecule has 0 bridgehead atoms. The summed E-state index contributed by atoms with van der Waals surface area (Å²) in [6, 6.07) is 12.8. The summed E-state index contributed by atoms with van der Waals surface area (Å²) in [4.78, 5) is 39.8. The molecular weight excluding hydrogens is 344 g/mol. The largest absolute Gasteiger partial charge is 0.325 e. The molecule has 1 saturated heterocycles. The zero-order chi connectivity index (χ0) is 17.1. The monoisotopic (exact) mass is 358 g/mol. The van der Waals surface area contributed by atoms with Gasteiger partial charge in [0.25, 0.3) is 11.1 Å². The minimum Gasteiger partial charge on any atom is -0.325 e. The van der Waals surface area contributed by atoms with Crippen molar-refractivity contribution in [2.45, 2.75) is 6.92 Å². The second-order valence-corrected chi connectivity index (χ2v) is 7.44. The van der Waals surface area contributed by atoms with Crippen molar-refractivity contribution in [2.75, 3.05) is 11.9 Å². The zero-order valence-corrected chi connectivity index (χ0v) is 14.4. The number of hydrogen-bond acceptors (Lipinski definition) is 5. The number of aryl methyl sites for hydroxylation is 1. The molecule has 2 heterocycles. The summed E-state index contributed by atoms with van der Waals surface area (Å²) in [6.07, 6.45) is 1.69. The Morgan fingerprint density at radius 2 is 1.92 bits per heavy atom. The van der Waals surface area contributed by atoms with E-state index >= 15 is 0 Å². The maximum Gasteiger partial charge on any atom is 0.294 e. The number of nitrogens with one attached hydrogen (secondary N) is 1. The molecule has 122 valence electrons. The van der Waals surface area contributed by atoms with E-state index in [4.69, 9.17) is 0 Å². The highest BCUT2D eigenvalue weighted by atomic mass is 32.2. The fourth-order valence-corrected chi connectivity index (χ4v) is 3.89. The van der Waals surface area contributed by atoms with Gasteiger partial charge in [0.15, 0.2) is 0 Å². The van der Waals surface area contributed by atoms with Crippen molar-refractivity contribution in [3.8, 4) is 0 Å². The molecule has 0 spiro atoms. The number of imide groups is 1. The summed E-state index contributed by atoms with van der Waals surface area (Å²) in [5.41, 5.74) is 0.624. The number of carbonyl (C=O) groups excluding carboxylic acids is 3. The van der Waals surface area contributed by atoms with Crippen molar-refractivity contribution in [1.82, 2.24) is 4.90 Å². The van der Waals surface area contributed by atoms with E-state index < -0.39 is 17.1 Å². The first-order valence-electron chi connectivity index (χ1n) is 7.19. The summed E-state index contributed by atoms with van der Waals surface area (Å²) in [6.45, 7) is 1.68. The molecule has 0 saturated carbocycles. The molecule has 3 amide bonds. The van der Waals surface area contributed by atoms with Crippen LogP contribution in [0.1, 0.15) is 9.75 Å². The van der Waals surface area contributed by atoms with E-state index in [1.54, 1.807) is 41.7 Å². The van der Waals surface area contributed by atoms with Gasteiger partial charge in [0, 0.05) is 15.4 Å². The Labute approximate surface area is 147 Å². The predicted octanol–water partition coefficient (Wildman–Crippen LogP) is 3.73. The molecule has 1 aromatic heterocycles. The Bertz CT molecular complexity index is 827. The molecule has 1 aliphatic heterocycles. The maximum absolute atomic E-state index is 12.4. The molecule has 3 rings (SSSR count). The first-order chi connectivity index (χ1) is 11.5. The average molecular weight is 358 g/mol. The van der Waals surface area contributed by atoms with Crippen molar-refractivity contribution in [3.63, 3.8) is 0 Å².